The second-order valence-corrected chi connectivity index (χ2v) is 9.05. The van der Waals surface area contributed by atoms with Crippen molar-refractivity contribution >= 4 is 52.0 Å². The van der Waals surface area contributed by atoms with Crippen molar-refractivity contribution in [3.05, 3.63) is 75.7 Å². The summed E-state index contributed by atoms with van der Waals surface area (Å²) in [5, 5.41) is 8.68. The lowest BCUT2D eigenvalue weighted by molar-refractivity contribution is -0.116. The highest BCUT2D eigenvalue weighted by Crippen LogP contribution is 2.33. The van der Waals surface area contributed by atoms with Crippen molar-refractivity contribution in [1.29, 1.82) is 0 Å². The molecule has 0 aliphatic carbocycles. The molecule has 1 amide bonds. The number of anilines is 1. The molecular formula is C23H18ClN5O4S. The fraction of sp³-hybridized carbons (Fsp3) is 0.174. The number of ether oxygens (including phenoxy) is 1. The fourth-order valence-corrected chi connectivity index (χ4v) is 5.04. The molecule has 11 heteroatoms. The van der Waals surface area contributed by atoms with Crippen molar-refractivity contribution in [2.45, 2.75) is 17.6 Å². The number of hydrogen-bond donors (Lipinski definition) is 1. The van der Waals surface area contributed by atoms with Crippen LogP contribution >= 0.6 is 23.4 Å². The maximum Gasteiger partial charge on any atom is 0.337 e. The third-order valence-electron chi connectivity index (χ3n) is 5.45. The minimum Gasteiger partial charge on any atom is -0.465 e. The summed E-state index contributed by atoms with van der Waals surface area (Å²) in [5.41, 5.74) is 1.91. The molecule has 1 unspecified atom stereocenters. The monoisotopic (exact) mass is 495 g/mol. The van der Waals surface area contributed by atoms with E-state index in [1.54, 1.807) is 57.8 Å². The van der Waals surface area contributed by atoms with Gasteiger partial charge in [0.25, 0.3) is 5.56 Å². The Labute approximate surface area is 202 Å². The average molecular weight is 496 g/mol. The Kier molecular flexibility index (Phi) is 5.84. The van der Waals surface area contributed by atoms with Gasteiger partial charge in [0.2, 0.25) is 5.91 Å². The standard InChI is InChI=1S/C23H18ClN5O4S/c1-33-22(32)13-2-6-15(7-3-13)26-19(30)10-17-12-34-23-27-20-18(21(31)28(17)23)11-25-29(20)16-8-4-14(24)5-9-16/h2-9,11,17H,10,12H2,1H3,(H,26,30). The van der Waals surface area contributed by atoms with Crippen molar-refractivity contribution < 1.29 is 14.3 Å². The van der Waals surface area contributed by atoms with Crippen LogP contribution in [-0.4, -0.2) is 44.1 Å². The summed E-state index contributed by atoms with van der Waals surface area (Å²) in [4.78, 5) is 42.2. The first-order valence-corrected chi connectivity index (χ1v) is 11.7. The van der Waals surface area contributed by atoms with Crippen molar-refractivity contribution in [3.63, 3.8) is 0 Å². The number of amides is 1. The van der Waals surface area contributed by atoms with Crippen LogP contribution in [0.5, 0.6) is 0 Å². The van der Waals surface area contributed by atoms with Gasteiger partial charge in [-0.25, -0.2) is 14.5 Å². The van der Waals surface area contributed by atoms with E-state index in [1.807, 2.05) is 0 Å². The van der Waals surface area contributed by atoms with Gasteiger partial charge in [-0.15, -0.1) is 0 Å². The summed E-state index contributed by atoms with van der Waals surface area (Å²) in [6, 6.07) is 13.2. The Bertz CT molecular complexity index is 1460. The zero-order valence-electron chi connectivity index (χ0n) is 17.9. The van der Waals surface area contributed by atoms with Gasteiger partial charge < -0.3 is 10.1 Å². The number of esters is 1. The molecule has 2 aromatic heterocycles. The molecule has 5 rings (SSSR count). The molecule has 1 aliphatic rings. The Morgan fingerprint density at radius 3 is 2.62 bits per heavy atom. The summed E-state index contributed by atoms with van der Waals surface area (Å²) < 4.78 is 7.85. The molecule has 1 aliphatic heterocycles. The van der Waals surface area contributed by atoms with Gasteiger partial charge in [0.05, 0.1) is 30.6 Å². The maximum atomic E-state index is 13.3. The number of rotatable bonds is 5. The van der Waals surface area contributed by atoms with Crippen LogP contribution in [0.2, 0.25) is 5.02 Å². The largest absolute Gasteiger partial charge is 0.465 e. The number of benzene rings is 2. The summed E-state index contributed by atoms with van der Waals surface area (Å²) in [6.45, 7) is 0. The van der Waals surface area contributed by atoms with E-state index in [0.29, 0.717) is 38.2 Å². The summed E-state index contributed by atoms with van der Waals surface area (Å²) in [7, 11) is 1.31. The topological polar surface area (TPSA) is 108 Å². The highest BCUT2D eigenvalue weighted by Gasteiger charge is 2.29. The number of thioether (sulfide) groups is 1. The van der Waals surface area contributed by atoms with E-state index in [-0.39, 0.29) is 23.9 Å². The number of nitrogens with zero attached hydrogens (tertiary/aromatic N) is 4. The minimum absolute atomic E-state index is 0.108. The number of fused-ring (bicyclic) bond motifs is 2. The van der Waals surface area contributed by atoms with Crippen LogP contribution in [0.1, 0.15) is 22.8 Å². The zero-order chi connectivity index (χ0) is 23.8. The molecule has 0 spiro atoms. The lowest BCUT2D eigenvalue weighted by atomic mass is 10.2. The third-order valence-corrected chi connectivity index (χ3v) is 6.80. The number of carbonyl (C=O) groups is 2. The Balaban J connectivity index is 1.37. The number of methoxy groups -OCH3 is 1. The van der Waals surface area contributed by atoms with Crippen molar-refractivity contribution in [3.8, 4) is 5.69 Å². The van der Waals surface area contributed by atoms with Crippen molar-refractivity contribution in [2.75, 3.05) is 18.2 Å². The van der Waals surface area contributed by atoms with Crippen LogP contribution in [0.4, 0.5) is 5.69 Å². The molecule has 2 aromatic carbocycles. The number of nitrogens with one attached hydrogen (secondary N) is 1. The van der Waals surface area contributed by atoms with Crippen LogP contribution < -0.4 is 10.9 Å². The Morgan fingerprint density at radius 2 is 1.91 bits per heavy atom. The molecule has 0 radical (unpaired) electrons. The van der Waals surface area contributed by atoms with Gasteiger partial charge in [-0.05, 0) is 48.5 Å². The van der Waals surface area contributed by atoms with E-state index in [2.05, 4.69) is 20.1 Å². The molecule has 4 aromatic rings. The van der Waals surface area contributed by atoms with Crippen molar-refractivity contribution in [2.24, 2.45) is 0 Å². The van der Waals surface area contributed by atoms with E-state index in [4.69, 9.17) is 11.6 Å². The molecule has 0 bridgehead atoms. The highest BCUT2D eigenvalue weighted by atomic mass is 35.5. The first kappa shape index (κ1) is 22.2. The van der Waals surface area contributed by atoms with Gasteiger partial charge in [-0.3, -0.25) is 14.2 Å². The van der Waals surface area contributed by atoms with E-state index in [9.17, 15) is 14.4 Å². The molecule has 1 atom stereocenters. The van der Waals surface area contributed by atoms with Crippen LogP contribution in [0.15, 0.2) is 64.7 Å². The molecule has 172 valence electrons. The van der Waals surface area contributed by atoms with Crippen molar-refractivity contribution in [1.82, 2.24) is 19.3 Å². The van der Waals surface area contributed by atoms with Crippen LogP contribution in [-0.2, 0) is 9.53 Å². The average Bonchev–Trinajstić information content (AvgIpc) is 3.44. The van der Waals surface area contributed by atoms with E-state index >= 15 is 0 Å². The van der Waals surface area contributed by atoms with E-state index < -0.39 is 5.97 Å². The van der Waals surface area contributed by atoms with E-state index in [1.165, 1.54) is 25.1 Å². The fourth-order valence-electron chi connectivity index (χ4n) is 3.79. The van der Waals surface area contributed by atoms with Gasteiger partial charge in [0.1, 0.15) is 5.39 Å². The minimum atomic E-state index is -0.449. The first-order chi connectivity index (χ1) is 16.4. The molecule has 9 nitrogen and oxygen atoms in total. The molecule has 34 heavy (non-hydrogen) atoms. The van der Waals surface area contributed by atoms with Gasteiger partial charge in [0.15, 0.2) is 10.8 Å². The van der Waals surface area contributed by atoms with Crippen LogP contribution in [0.3, 0.4) is 0 Å². The van der Waals surface area contributed by atoms with Gasteiger partial charge in [0, 0.05) is 22.9 Å². The lowest BCUT2D eigenvalue weighted by Crippen LogP contribution is -2.27. The smallest absolute Gasteiger partial charge is 0.337 e. The Hall–Kier alpha value is -3.63. The molecule has 0 saturated carbocycles. The highest BCUT2D eigenvalue weighted by molar-refractivity contribution is 7.99. The predicted octanol–water partition coefficient (Wildman–Crippen LogP) is 3.70. The number of halogens is 1. The zero-order valence-corrected chi connectivity index (χ0v) is 19.5. The summed E-state index contributed by atoms with van der Waals surface area (Å²) in [6.07, 6.45) is 1.60. The normalized spacial score (nSPS) is 14.7. The van der Waals surface area contributed by atoms with Crippen LogP contribution in [0, 0.1) is 0 Å². The quantitative estimate of drug-likeness (QED) is 0.332. The molecule has 1 N–H and O–H groups in total. The second-order valence-electron chi connectivity index (χ2n) is 7.63. The second kappa shape index (κ2) is 8.96. The van der Waals surface area contributed by atoms with E-state index in [0.717, 1.165) is 5.69 Å². The number of carbonyl (C=O) groups excluding carboxylic acids is 2. The molecular weight excluding hydrogens is 478 g/mol. The van der Waals surface area contributed by atoms with Gasteiger partial charge in [-0.2, -0.15) is 5.10 Å². The number of aromatic nitrogens is 4. The van der Waals surface area contributed by atoms with Crippen LogP contribution in [0.25, 0.3) is 16.7 Å². The molecule has 3 heterocycles. The predicted molar refractivity (Wildman–Crippen MR) is 129 cm³/mol. The maximum absolute atomic E-state index is 13.3. The number of hydrogen-bond acceptors (Lipinski definition) is 7. The molecule has 0 fully saturated rings. The van der Waals surface area contributed by atoms with Gasteiger partial charge in [-0.1, -0.05) is 23.4 Å². The Morgan fingerprint density at radius 1 is 1.18 bits per heavy atom. The first-order valence-electron chi connectivity index (χ1n) is 10.3. The lowest BCUT2D eigenvalue weighted by Gasteiger charge is -2.13. The summed E-state index contributed by atoms with van der Waals surface area (Å²) in [5.74, 6) is -0.138. The summed E-state index contributed by atoms with van der Waals surface area (Å²) >= 11 is 7.40. The SMILES string of the molecule is COC(=O)c1ccc(NC(=O)CC2CSc3nc4c(cnn4-c4ccc(Cl)cc4)c(=O)n32)cc1. The molecule has 0 saturated heterocycles. The van der Waals surface area contributed by atoms with Gasteiger partial charge >= 0.3 is 5.97 Å². The third kappa shape index (κ3) is 4.06.